The number of nitrogens with two attached hydrogens (primary N) is 1. The second kappa shape index (κ2) is 3.75. The molecular formula is C5H14BrNS. The number of thiol groups is 1. The molecule has 0 spiro atoms. The van der Waals surface area contributed by atoms with E-state index >= 15 is 0 Å². The van der Waals surface area contributed by atoms with Crippen LogP contribution < -0.4 is 5.73 Å². The quantitative estimate of drug-likeness (QED) is 0.618. The molecule has 0 amide bonds. The maximum atomic E-state index is 5.49. The lowest BCUT2D eigenvalue weighted by atomic mass is 10.1. The van der Waals surface area contributed by atoms with Gasteiger partial charge in [0.25, 0.3) is 0 Å². The lowest BCUT2D eigenvalue weighted by molar-refractivity contribution is 0.582. The molecule has 8 heavy (non-hydrogen) atoms. The van der Waals surface area contributed by atoms with Crippen LogP contribution in [0.1, 0.15) is 20.8 Å². The van der Waals surface area contributed by atoms with E-state index in [2.05, 4.69) is 12.6 Å². The molecule has 1 nitrogen and oxygen atoms in total. The Hall–Kier alpha value is 0.790. The molecule has 0 radical (unpaired) electrons. The summed E-state index contributed by atoms with van der Waals surface area (Å²) in [5.74, 6) is 0. The van der Waals surface area contributed by atoms with E-state index in [1.165, 1.54) is 0 Å². The van der Waals surface area contributed by atoms with Gasteiger partial charge in [-0.3, -0.25) is 0 Å². The highest BCUT2D eigenvalue weighted by molar-refractivity contribution is 8.93. The minimum atomic E-state index is -0.0278. The monoisotopic (exact) mass is 199 g/mol. The molecular weight excluding hydrogens is 186 g/mol. The van der Waals surface area contributed by atoms with Crippen LogP contribution in [0.25, 0.3) is 0 Å². The highest BCUT2D eigenvalue weighted by Gasteiger charge is 2.15. The summed E-state index contributed by atoms with van der Waals surface area (Å²) in [4.78, 5) is 0. The third kappa shape index (κ3) is 4.94. The maximum Gasteiger partial charge on any atom is 0.0221 e. The van der Waals surface area contributed by atoms with Crippen LogP contribution in [0.4, 0.5) is 0 Å². The molecule has 52 valence electrons. The van der Waals surface area contributed by atoms with E-state index in [1.807, 2.05) is 20.8 Å². The Kier molecular flexibility index (Phi) is 5.42. The van der Waals surface area contributed by atoms with E-state index in [-0.39, 0.29) is 27.8 Å². The van der Waals surface area contributed by atoms with Crippen molar-refractivity contribution >= 4 is 29.6 Å². The Labute approximate surface area is 67.2 Å². The minimum absolute atomic E-state index is 0. The molecule has 0 rings (SSSR count). The summed E-state index contributed by atoms with van der Waals surface area (Å²) >= 11 is 4.22. The second-order valence-corrected chi connectivity index (χ2v) is 3.59. The molecule has 0 aromatic rings. The Bertz CT molecular complexity index is 57.9. The summed E-state index contributed by atoms with van der Waals surface area (Å²) < 4.78 is -0.0278. The topological polar surface area (TPSA) is 26.0 Å². The van der Waals surface area contributed by atoms with Crippen molar-refractivity contribution in [3.05, 3.63) is 0 Å². The lowest BCUT2D eigenvalue weighted by Crippen LogP contribution is -2.35. The summed E-state index contributed by atoms with van der Waals surface area (Å²) in [5, 5.41) is 0. The van der Waals surface area contributed by atoms with Crippen molar-refractivity contribution in [2.24, 2.45) is 5.73 Å². The van der Waals surface area contributed by atoms with E-state index in [4.69, 9.17) is 5.73 Å². The predicted octanol–water partition coefficient (Wildman–Crippen LogP) is 1.62. The Balaban J connectivity index is 0. The molecule has 0 aliphatic carbocycles. The molecule has 0 fully saturated rings. The molecule has 0 bridgehead atoms. The first-order valence-electron chi connectivity index (χ1n) is 2.42. The fourth-order valence-corrected chi connectivity index (χ4v) is 0. The lowest BCUT2D eigenvalue weighted by Gasteiger charge is -2.21. The van der Waals surface area contributed by atoms with Crippen LogP contribution in [-0.4, -0.2) is 10.8 Å². The van der Waals surface area contributed by atoms with E-state index in [9.17, 15) is 0 Å². The van der Waals surface area contributed by atoms with Crippen molar-refractivity contribution in [1.82, 2.24) is 0 Å². The highest BCUT2D eigenvalue weighted by Crippen LogP contribution is 2.14. The zero-order valence-corrected chi connectivity index (χ0v) is 8.12. The van der Waals surface area contributed by atoms with Gasteiger partial charge in [0, 0.05) is 10.8 Å². The first kappa shape index (κ1) is 11.6. The third-order valence-electron chi connectivity index (χ3n) is 1.11. The van der Waals surface area contributed by atoms with Gasteiger partial charge in [0.05, 0.1) is 0 Å². The summed E-state index contributed by atoms with van der Waals surface area (Å²) in [7, 11) is 0. The van der Waals surface area contributed by atoms with Gasteiger partial charge in [0.2, 0.25) is 0 Å². The van der Waals surface area contributed by atoms with Crippen LogP contribution in [-0.2, 0) is 0 Å². The largest absolute Gasteiger partial charge is 0.327 e. The first-order chi connectivity index (χ1) is 2.94. The van der Waals surface area contributed by atoms with Gasteiger partial charge in [-0.25, -0.2) is 0 Å². The maximum absolute atomic E-state index is 5.49. The van der Waals surface area contributed by atoms with Gasteiger partial charge in [-0.1, -0.05) is 0 Å². The molecule has 3 heteroatoms. The van der Waals surface area contributed by atoms with Crippen molar-refractivity contribution in [2.45, 2.75) is 31.6 Å². The van der Waals surface area contributed by atoms with Crippen LogP contribution >= 0.6 is 29.6 Å². The second-order valence-electron chi connectivity index (χ2n) is 2.44. The van der Waals surface area contributed by atoms with Gasteiger partial charge in [-0.2, -0.15) is 12.6 Å². The molecule has 0 saturated carbocycles. The van der Waals surface area contributed by atoms with Gasteiger partial charge in [0.15, 0.2) is 0 Å². The highest BCUT2D eigenvalue weighted by atomic mass is 79.9. The van der Waals surface area contributed by atoms with Gasteiger partial charge < -0.3 is 5.73 Å². The van der Waals surface area contributed by atoms with Gasteiger partial charge in [0.1, 0.15) is 0 Å². The summed E-state index contributed by atoms with van der Waals surface area (Å²) in [6.45, 7) is 5.95. The minimum Gasteiger partial charge on any atom is -0.327 e. The zero-order chi connectivity index (χ0) is 6.08. The average molecular weight is 200 g/mol. The van der Waals surface area contributed by atoms with E-state index in [0.717, 1.165) is 0 Å². The molecule has 0 aliphatic heterocycles. The van der Waals surface area contributed by atoms with Crippen LogP contribution in [0.5, 0.6) is 0 Å². The summed E-state index contributed by atoms with van der Waals surface area (Å²) in [6.07, 6.45) is 0. The van der Waals surface area contributed by atoms with E-state index in [1.54, 1.807) is 0 Å². The number of rotatable bonds is 1. The molecule has 0 heterocycles. The van der Waals surface area contributed by atoms with Crippen molar-refractivity contribution in [2.75, 3.05) is 0 Å². The van der Waals surface area contributed by atoms with Crippen molar-refractivity contribution in [3.8, 4) is 0 Å². The smallest absolute Gasteiger partial charge is 0.0221 e. The van der Waals surface area contributed by atoms with E-state index in [0.29, 0.717) is 0 Å². The van der Waals surface area contributed by atoms with Crippen LogP contribution in [0.3, 0.4) is 0 Å². The summed E-state index contributed by atoms with van der Waals surface area (Å²) in [6, 6.07) is 0.163. The Morgan fingerprint density at radius 3 is 1.62 bits per heavy atom. The van der Waals surface area contributed by atoms with Crippen molar-refractivity contribution in [1.29, 1.82) is 0 Å². The number of hydrogen-bond donors (Lipinski definition) is 2. The number of halogens is 1. The molecule has 1 unspecified atom stereocenters. The zero-order valence-electron chi connectivity index (χ0n) is 5.51. The molecule has 0 saturated heterocycles. The van der Waals surface area contributed by atoms with Crippen LogP contribution in [0, 0.1) is 0 Å². The predicted molar refractivity (Wildman–Crippen MR) is 47.0 cm³/mol. The average Bonchev–Trinajstić information content (AvgIpc) is 1.31. The molecule has 2 N–H and O–H groups in total. The van der Waals surface area contributed by atoms with Crippen molar-refractivity contribution < 1.29 is 0 Å². The van der Waals surface area contributed by atoms with E-state index < -0.39 is 0 Å². The van der Waals surface area contributed by atoms with Crippen LogP contribution in [0.2, 0.25) is 0 Å². The molecule has 1 atom stereocenters. The summed E-state index contributed by atoms with van der Waals surface area (Å²) in [5.41, 5.74) is 5.49. The first-order valence-corrected chi connectivity index (χ1v) is 2.87. The molecule has 0 aliphatic rings. The third-order valence-corrected chi connectivity index (χ3v) is 1.52. The standard InChI is InChI=1S/C5H13NS.BrH/c1-4(6)5(2,3)7;/h4,7H,6H2,1-3H3;1H. The fraction of sp³-hybridized carbons (Fsp3) is 1.00. The number of hydrogen-bond acceptors (Lipinski definition) is 2. The van der Waals surface area contributed by atoms with Gasteiger partial charge in [-0.15, -0.1) is 17.0 Å². The SMILES string of the molecule is Br.CC(N)C(C)(C)S. The van der Waals surface area contributed by atoms with Gasteiger partial charge in [-0.05, 0) is 20.8 Å². The van der Waals surface area contributed by atoms with Gasteiger partial charge >= 0.3 is 0 Å². The Morgan fingerprint density at radius 2 is 1.62 bits per heavy atom. The normalized spacial score (nSPS) is 14.6. The van der Waals surface area contributed by atoms with Crippen LogP contribution in [0.15, 0.2) is 0 Å². The Morgan fingerprint density at radius 1 is 1.50 bits per heavy atom. The fourth-order valence-electron chi connectivity index (χ4n) is 0. The van der Waals surface area contributed by atoms with Crippen molar-refractivity contribution in [3.63, 3.8) is 0 Å². The molecule has 0 aromatic carbocycles. The molecule has 0 aromatic heterocycles.